The Morgan fingerprint density at radius 1 is 1.33 bits per heavy atom. The van der Waals surface area contributed by atoms with Crippen LogP contribution in [0, 0.1) is 5.92 Å². The minimum absolute atomic E-state index is 0.287. The fraction of sp³-hybridized carbons (Fsp3) is 1.00. The van der Waals surface area contributed by atoms with Crippen molar-refractivity contribution in [1.82, 2.24) is 4.72 Å². The Kier molecular flexibility index (Phi) is 7.53. The molecular formula is C12H24ClNO3S. The number of ether oxygens (including phenoxy) is 1. The molecule has 6 heteroatoms. The van der Waals surface area contributed by atoms with Gasteiger partial charge in [0.2, 0.25) is 10.0 Å². The van der Waals surface area contributed by atoms with Crippen molar-refractivity contribution in [2.24, 2.45) is 5.92 Å². The maximum absolute atomic E-state index is 12.1. The Hall–Kier alpha value is 0.160. The summed E-state index contributed by atoms with van der Waals surface area (Å²) < 4.78 is 32.1. The normalized spacial score (nSPS) is 19.9. The van der Waals surface area contributed by atoms with E-state index in [0.717, 1.165) is 19.3 Å². The van der Waals surface area contributed by atoms with Crippen molar-refractivity contribution in [2.75, 3.05) is 25.6 Å². The number of hydrogen-bond donors (Lipinski definition) is 1. The molecule has 4 nitrogen and oxygen atoms in total. The molecule has 1 N–H and O–H groups in total. The molecule has 18 heavy (non-hydrogen) atoms. The standard InChI is InChI=1S/C12H24ClNO3S/c1-2-3-11(4-7-13)10-14-18(15,16)12-5-8-17-9-6-12/h11-12,14H,2-10H2,1H3. The van der Waals surface area contributed by atoms with E-state index in [1.165, 1.54) is 0 Å². The average molecular weight is 298 g/mol. The quantitative estimate of drug-likeness (QED) is 0.698. The molecule has 1 fully saturated rings. The van der Waals surface area contributed by atoms with Crippen molar-refractivity contribution >= 4 is 21.6 Å². The van der Waals surface area contributed by atoms with Crippen molar-refractivity contribution in [1.29, 1.82) is 0 Å². The molecule has 1 saturated heterocycles. The van der Waals surface area contributed by atoms with Crippen LogP contribution in [0.3, 0.4) is 0 Å². The highest BCUT2D eigenvalue weighted by Gasteiger charge is 2.27. The molecule has 0 aromatic heterocycles. The molecule has 1 rings (SSSR count). The van der Waals surface area contributed by atoms with E-state index in [2.05, 4.69) is 11.6 Å². The van der Waals surface area contributed by atoms with Crippen LogP contribution >= 0.6 is 11.6 Å². The summed E-state index contributed by atoms with van der Waals surface area (Å²) in [5.74, 6) is 0.936. The van der Waals surface area contributed by atoms with Crippen LogP contribution in [-0.2, 0) is 14.8 Å². The molecule has 0 radical (unpaired) electrons. The van der Waals surface area contributed by atoms with Gasteiger partial charge in [0.05, 0.1) is 5.25 Å². The van der Waals surface area contributed by atoms with E-state index in [1.807, 2.05) is 0 Å². The van der Waals surface area contributed by atoms with Gasteiger partial charge in [0, 0.05) is 25.6 Å². The van der Waals surface area contributed by atoms with E-state index < -0.39 is 10.0 Å². The SMILES string of the molecule is CCCC(CCCl)CNS(=O)(=O)C1CCOCC1. The lowest BCUT2D eigenvalue weighted by atomic mass is 10.0. The Bertz CT molecular complexity index is 309. The first-order chi connectivity index (χ1) is 8.60. The molecule has 1 heterocycles. The molecule has 1 aliphatic heterocycles. The summed E-state index contributed by atoms with van der Waals surface area (Å²) in [6.45, 7) is 3.71. The molecule has 0 saturated carbocycles. The lowest BCUT2D eigenvalue weighted by molar-refractivity contribution is 0.0981. The lowest BCUT2D eigenvalue weighted by Crippen LogP contribution is -2.40. The van der Waals surface area contributed by atoms with Gasteiger partial charge in [-0.3, -0.25) is 0 Å². The first-order valence-corrected chi connectivity index (χ1v) is 8.80. The molecule has 0 aliphatic carbocycles. The second-order valence-corrected chi connectivity index (χ2v) is 7.26. The molecule has 1 atom stereocenters. The molecule has 1 aliphatic rings. The van der Waals surface area contributed by atoms with Crippen LogP contribution in [0.4, 0.5) is 0 Å². The third-order valence-corrected chi connectivity index (χ3v) is 5.53. The van der Waals surface area contributed by atoms with E-state index in [4.69, 9.17) is 16.3 Å². The monoisotopic (exact) mass is 297 g/mol. The molecule has 0 aromatic carbocycles. The second kappa shape index (κ2) is 8.35. The minimum Gasteiger partial charge on any atom is -0.381 e. The van der Waals surface area contributed by atoms with Crippen molar-refractivity contribution in [2.45, 2.75) is 44.3 Å². The van der Waals surface area contributed by atoms with Crippen LogP contribution in [0.1, 0.15) is 39.0 Å². The zero-order valence-corrected chi connectivity index (χ0v) is 12.6. The van der Waals surface area contributed by atoms with E-state index in [-0.39, 0.29) is 5.25 Å². The Balaban J connectivity index is 2.43. The first kappa shape index (κ1) is 16.2. The zero-order valence-electron chi connectivity index (χ0n) is 11.0. The van der Waals surface area contributed by atoms with Gasteiger partial charge in [-0.15, -0.1) is 11.6 Å². The van der Waals surface area contributed by atoms with E-state index in [1.54, 1.807) is 0 Å². The van der Waals surface area contributed by atoms with Gasteiger partial charge in [0.25, 0.3) is 0 Å². The summed E-state index contributed by atoms with van der Waals surface area (Å²) in [6, 6.07) is 0. The summed E-state index contributed by atoms with van der Waals surface area (Å²) >= 11 is 5.74. The predicted molar refractivity (Wildman–Crippen MR) is 74.5 cm³/mol. The van der Waals surface area contributed by atoms with Crippen LogP contribution < -0.4 is 4.72 Å². The number of sulfonamides is 1. The molecule has 0 aromatic rings. The van der Waals surface area contributed by atoms with Crippen molar-refractivity contribution < 1.29 is 13.2 Å². The van der Waals surface area contributed by atoms with Gasteiger partial charge < -0.3 is 4.74 Å². The van der Waals surface area contributed by atoms with Crippen LogP contribution in [0.25, 0.3) is 0 Å². The molecule has 1 unspecified atom stereocenters. The Labute approximate surface area is 115 Å². The minimum atomic E-state index is -3.19. The molecule has 0 bridgehead atoms. The smallest absolute Gasteiger partial charge is 0.214 e. The molecular weight excluding hydrogens is 274 g/mol. The zero-order chi connectivity index (χ0) is 13.4. The van der Waals surface area contributed by atoms with Gasteiger partial charge in [0.15, 0.2) is 0 Å². The Morgan fingerprint density at radius 2 is 2.00 bits per heavy atom. The van der Waals surface area contributed by atoms with Gasteiger partial charge >= 0.3 is 0 Å². The topological polar surface area (TPSA) is 55.4 Å². The van der Waals surface area contributed by atoms with Crippen LogP contribution in [-0.4, -0.2) is 39.3 Å². The van der Waals surface area contributed by atoms with E-state index >= 15 is 0 Å². The van der Waals surface area contributed by atoms with Gasteiger partial charge in [-0.1, -0.05) is 13.3 Å². The fourth-order valence-corrected chi connectivity index (χ4v) is 4.07. The highest BCUT2D eigenvalue weighted by atomic mass is 35.5. The Morgan fingerprint density at radius 3 is 2.56 bits per heavy atom. The summed E-state index contributed by atoms with van der Waals surface area (Å²) in [5, 5.41) is -0.287. The summed E-state index contributed by atoms with van der Waals surface area (Å²) in [4.78, 5) is 0. The van der Waals surface area contributed by atoms with Gasteiger partial charge in [-0.25, -0.2) is 13.1 Å². The summed E-state index contributed by atoms with van der Waals surface area (Å²) in [7, 11) is -3.19. The van der Waals surface area contributed by atoms with Crippen molar-refractivity contribution in [3.8, 4) is 0 Å². The van der Waals surface area contributed by atoms with Crippen LogP contribution in [0.5, 0.6) is 0 Å². The fourth-order valence-electron chi connectivity index (χ4n) is 2.25. The highest BCUT2D eigenvalue weighted by molar-refractivity contribution is 7.90. The first-order valence-electron chi connectivity index (χ1n) is 6.72. The third kappa shape index (κ3) is 5.43. The van der Waals surface area contributed by atoms with Gasteiger partial charge in [0.1, 0.15) is 0 Å². The average Bonchev–Trinajstić information content (AvgIpc) is 2.38. The van der Waals surface area contributed by atoms with Crippen LogP contribution in [0.2, 0.25) is 0 Å². The molecule has 108 valence electrons. The van der Waals surface area contributed by atoms with Crippen molar-refractivity contribution in [3.05, 3.63) is 0 Å². The number of hydrogen-bond acceptors (Lipinski definition) is 3. The largest absolute Gasteiger partial charge is 0.381 e. The molecule has 0 amide bonds. The lowest BCUT2D eigenvalue weighted by Gasteiger charge is -2.24. The third-order valence-electron chi connectivity index (χ3n) is 3.39. The second-order valence-electron chi connectivity index (χ2n) is 4.84. The number of halogens is 1. The number of rotatable bonds is 8. The molecule has 0 spiro atoms. The number of alkyl halides is 1. The summed E-state index contributed by atoms with van der Waals surface area (Å²) in [6.07, 6.45) is 4.14. The van der Waals surface area contributed by atoms with Gasteiger partial charge in [-0.05, 0) is 31.6 Å². The number of nitrogens with one attached hydrogen (secondary N) is 1. The maximum Gasteiger partial charge on any atom is 0.214 e. The van der Waals surface area contributed by atoms with Crippen LogP contribution in [0.15, 0.2) is 0 Å². The highest BCUT2D eigenvalue weighted by Crippen LogP contribution is 2.16. The van der Waals surface area contributed by atoms with Gasteiger partial charge in [-0.2, -0.15) is 0 Å². The predicted octanol–water partition coefficient (Wildman–Crippen LogP) is 2.13. The van der Waals surface area contributed by atoms with E-state index in [9.17, 15) is 8.42 Å². The summed E-state index contributed by atoms with van der Waals surface area (Å²) in [5.41, 5.74) is 0. The maximum atomic E-state index is 12.1. The van der Waals surface area contributed by atoms with E-state index in [0.29, 0.717) is 44.4 Å². The van der Waals surface area contributed by atoms with Crippen molar-refractivity contribution in [3.63, 3.8) is 0 Å².